The molecule has 0 saturated carbocycles. The van der Waals surface area contributed by atoms with Gasteiger partial charge in [-0.1, -0.05) is 46.3 Å². The molecule has 1 aromatic heterocycles. The van der Waals surface area contributed by atoms with Crippen molar-refractivity contribution in [3.8, 4) is 0 Å². The molecular formula is C28H43NO5S. The van der Waals surface area contributed by atoms with Gasteiger partial charge in [-0.05, 0) is 57.6 Å². The standard InChI is InChI=1S/C28H43NO5S/c1-16-10-9-11-17(2)25(32)20(5)27(33)28(7,8)23(30)14-24(31)34-26(18(3)12-16)19(4)13-22-15-35-21(6)29-22/h12-13,15,17-18,20,23,25-26,30,32H,9-11,14H2,1-8H3/t17-,18?,20+,23-,25-,26-/m0/s1. The van der Waals surface area contributed by atoms with Gasteiger partial charge in [-0.15, -0.1) is 11.3 Å². The fraction of sp³-hybridized carbons (Fsp3) is 0.679. The number of aryl methyl sites for hydroxylation is 1. The highest BCUT2D eigenvalue weighted by Crippen LogP contribution is 2.33. The van der Waals surface area contributed by atoms with Crippen LogP contribution in [0.1, 0.15) is 84.9 Å². The molecule has 6 nitrogen and oxygen atoms in total. The first-order valence-corrected chi connectivity index (χ1v) is 13.5. The zero-order chi connectivity index (χ0) is 26.5. The van der Waals surface area contributed by atoms with E-state index >= 15 is 0 Å². The number of hydrogen-bond donors (Lipinski definition) is 2. The summed E-state index contributed by atoms with van der Waals surface area (Å²) < 4.78 is 5.92. The molecule has 0 aromatic carbocycles. The van der Waals surface area contributed by atoms with Gasteiger partial charge < -0.3 is 14.9 Å². The van der Waals surface area contributed by atoms with Crippen LogP contribution in [0.4, 0.5) is 0 Å². The Labute approximate surface area is 214 Å². The monoisotopic (exact) mass is 505 g/mol. The van der Waals surface area contributed by atoms with Crippen LogP contribution >= 0.6 is 11.3 Å². The number of carbonyl (C=O) groups is 2. The summed E-state index contributed by atoms with van der Waals surface area (Å²) in [7, 11) is 0. The van der Waals surface area contributed by atoms with Crippen LogP contribution < -0.4 is 0 Å². The number of Topliss-reactive ketones (excluding diaryl/α,β-unsaturated/α-hetero) is 1. The first kappa shape index (κ1) is 29.4. The minimum absolute atomic E-state index is 0.0514. The number of aliphatic hydroxyl groups excluding tert-OH is 2. The lowest BCUT2D eigenvalue weighted by atomic mass is 9.73. The van der Waals surface area contributed by atoms with Gasteiger partial charge in [0.25, 0.3) is 0 Å². The van der Waals surface area contributed by atoms with Crippen LogP contribution in [0.3, 0.4) is 0 Å². The predicted octanol–water partition coefficient (Wildman–Crippen LogP) is 5.51. The van der Waals surface area contributed by atoms with Crippen molar-refractivity contribution in [2.45, 2.75) is 99.4 Å². The quantitative estimate of drug-likeness (QED) is 0.406. The van der Waals surface area contributed by atoms with Crippen LogP contribution in [-0.2, 0) is 14.3 Å². The summed E-state index contributed by atoms with van der Waals surface area (Å²) in [5.41, 5.74) is 1.69. The topological polar surface area (TPSA) is 96.7 Å². The second-order valence-electron chi connectivity index (χ2n) is 10.9. The van der Waals surface area contributed by atoms with E-state index in [1.165, 1.54) is 5.57 Å². The molecule has 0 spiro atoms. The van der Waals surface area contributed by atoms with E-state index in [1.807, 2.05) is 39.2 Å². The van der Waals surface area contributed by atoms with Crippen molar-refractivity contribution in [2.24, 2.45) is 23.2 Å². The molecule has 0 bridgehead atoms. The van der Waals surface area contributed by atoms with Crippen molar-refractivity contribution in [3.05, 3.63) is 33.3 Å². The van der Waals surface area contributed by atoms with Crippen LogP contribution in [0.5, 0.6) is 0 Å². The number of cyclic esters (lactones) is 1. The number of allylic oxidation sites excluding steroid dienone is 1. The van der Waals surface area contributed by atoms with Gasteiger partial charge in [-0.3, -0.25) is 9.59 Å². The summed E-state index contributed by atoms with van der Waals surface area (Å²) in [5, 5.41) is 24.6. The van der Waals surface area contributed by atoms with Crippen molar-refractivity contribution in [1.82, 2.24) is 4.98 Å². The molecule has 0 radical (unpaired) electrons. The molecule has 0 fully saturated rings. The molecule has 1 aromatic rings. The zero-order valence-electron chi connectivity index (χ0n) is 22.5. The van der Waals surface area contributed by atoms with Gasteiger partial charge >= 0.3 is 5.97 Å². The lowest BCUT2D eigenvalue weighted by Gasteiger charge is -2.34. The first-order chi connectivity index (χ1) is 16.2. The van der Waals surface area contributed by atoms with Gasteiger partial charge in [0.2, 0.25) is 0 Å². The van der Waals surface area contributed by atoms with Gasteiger partial charge in [0, 0.05) is 17.2 Å². The molecule has 196 valence electrons. The molecule has 1 aliphatic rings. The maximum Gasteiger partial charge on any atom is 0.309 e. The Bertz CT molecular complexity index is 947. The third kappa shape index (κ3) is 7.83. The third-order valence-corrected chi connectivity index (χ3v) is 8.10. The van der Waals surface area contributed by atoms with E-state index in [4.69, 9.17) is 4.74 Å². The van der Waals surface area contributed by atoms with E-state index in [1.54, 1.807) is 32.1 Å². The van der Waals surface area contributed by atoms with Crippen molar-refractivity contribution >= 4 is 29.2 Å². The summed E-state index contributed by atoms with van der Waals surface area (Å²) in [6, 6.07) is 0. The molecular weight excluding hydrogens is 462 g/mol. The number of esters is 1. The van der Waals surface area contributed by atoms with E-state index in [0.717, 1.165) is 35.5 Å². The Morgan fingerprint density at radius 2 is 1.86 bits per heavy atom. The second kappa shape index (κ2) is 12.4. The SMILES string of the molecule is CC1=CC(C)[C@@H](C(C)=Cc2csc(C)n2)OC(=O)C[C@H](O)C(C)(C)C(=O)[C@H](C)[C@@H](O)[C@@H](C)CCC1. The van der Waals surface area contributed by atoms with Gasteiger partial charge in [0.05, 0.1) is 34.7 Å². The van der Waals surface area contributed by atoms with Gasteiger partial charge in [0.1, 0.15) is 11.9 Å². The van der Waals surface area contributed by atoms with Gasteiger partial charge in [-0.2, -0.15) is 0 Å². The molecule has 2 heterocycles. The Hall–Kier alpha value is -1.83. The van der Waals surface area contributed by atoms with E-state index in [9.17, 15) is 19.8 Å². The lowest BCUT2D eigenvalue weighted by Crippen LogP contribution is -2.45. The second-order valence-corrected chi connectivity index (χ2v) is 12.0. The highest BCUT2D eigenvalue weighted by molar-refractivity contribution is 7.09. The third-order valence-electron chi connectivity index (χ3n) is 7.31. The zero-order valence-corrected chi connectivity index (χ0v) is 23.3. The Morgan fingerprint density at radius 1 is 1.20 bits per heavy atom. The van der Waals surface area contributed by atoms with Crippen LogP contribution in [0, 0.1) is 30.1 Å². The molecule has 0 saturated heterocycles. The van der Waals surface area contributed by atoms with Gasteiger partial charge in [0.15, 0.2) is 0 Å². The number of hydrogen-bond acceptors (Lipinski definition) is 7. The van der Waals surface area contributed by atoms with Crippen molar-refractivity contribution in [3.63, 3.8) is 0 Å². The molecule has 0 aliphatic carbocycles. The normalized spacial score (nSPS) is 32.2. The number of ketones is 1. The lowest BCUT2D eigenvalue weighted by molar-refractivity contribution is -0.155. The summed E-state index contributed by atoms with van der Waals surface area (Å²) in [4.78, 5) is 30.7. The molecule has 6 atom stereocenters. The van der Waals surface area contributed by atoms with Crippen LogP contribution in [0.25, 0.3) is 6.08 Å². The predicted molar refractivity (Wildman–Crippen MR) is 141 cm³/mol. The van der Waals surface area contributed by atoms with Crippen molar-refractivity contribution in [2.75, 3.05) is 0 Å². The molecule has 1 unspecified atom stereocenters. The Morgan fingerprint density at radius 3 is 2.46 bits per heavy atom. The number of rotatable bonds is 2. The largest absolute Gasteiger partial charge is 0.457 e. The fourth-order valence-electron chi connectivity index (χ4n) is 4.87. The number of aliphatic hydroxyl groups is 2. The number of thiazole rings is 1. The van der Waals surface area contributed by atoms with Crippen LogP contribution in [0.2, 0.25) is 0 Å². The highest BCUT2D eigenvalue weighted by atomic mass is 32.1. The molecule has 35 heavy (non-hydrogen) atoms. The number of nitrogens with zero attached hydrogens (tertiary/aromatic N) is 1. The minimum atomic E-state index is -1.22. The van der Waals surface area contributed by atoms with Gasteiger partial charge in [-0.25, -0.2) is 4.98 Å². The highest BCUT2D eigenvalue weighted by Gasteiger charge is 2.42. The van der Waals surface area contributed by atoms with E-state index < -0.39 is 35.6 Å². The minimum Gasteiger partial charge on any atom is -0.457 e. The summed E-state index contributed by atoms with van der Waals surface area (Å²) in [6.45, 7) is 14.9. The molecule has 2 N–H and O–H groups in total. The molecule has 2 rings (SSSR count). The summed E-state index contributed by atoms with van der Waals surface area (Å²) in [5.74, 6) is -1.59. The average molecular weight is 506 g/mol. The van der Waals surface area contributed by atoms with Crippen molar-refractivity contribution in [1.29, 1.82) is 0 Å². The summed E-state index contributed by atoms with van der Waals surface area (Å²) in [6.07, 6.45) is 3.78. The molecule has 7 heteroatoms. The Balaban J connectivity index is 2.40. The van der Waals surface area contributed by atoms with Crippen molar-refractivity contribution < 1.29 is 24.5 Å². The first-order valence-electron chi connectivity index (χ1n) is 12.6. The van der Waals surface area contributed by atoms with Crippen LogP contribution in [0.15, 0.2) is 22.6 Å². The van der Waals surface area contributed by atoms with Crippen LogP contribution in [-0.4, -0.2) is 45.3 Å². The maximum absolute atomic E-state index is 13.2. The average Bonchev–Trinajstić information content (AvgIpc) is 3.19. The number of carbonyl (C=O) groups excluding carboxylic acids is 2. The smallest absolute Gasteiger partial charge is 0.309 e. The Kier molecular flexibility index (Phi) is 10.4. The fourth-order valence-corrected chi connectivity index (χ4v) is 5.44. The number of ether oxygens (including phenoxy) is 1. The number of aromatic nitrogens is 1. The van der Waals surface area contributed by atoms with E-state index in [0.29, 0.717) is 0 Å². The maximum atomic E-state index is 13.2. The van der Waals surface area contributed by atoms with E-state index in [-0.39, 0.29) is 24.0 Å². The molecule has 1 aliphatic heterocycles. The summed E-state index contributed by atoms with van der Waals surface area (Å²) >= 11 is 1.56. The van der Waals surface area contributed by atoms with E-state index in [2.05, 4.69) is 18.0 Å². The molecule has 0 amide bonds.